The molecule has 0 bridgehead atoms. The second kappa shape index (κ2) is 5.32. The number of alkyl halides is 2. The highest BCUT2D eigenvalue weighted by Gasteiger charge is 2.16. The Hall–Kier alpha value is -0.600. The van der Waals surface area contributed by atoms with Crippen molar-refractivity contribution in [3.63, 3.8) is 0 Å². The third-order valence-corrected chi connectivity index (χ3v) is 2.41. The number of benzene rings is 1. The fourth-order valence-electron chi connectivity index (χ4n) is 1.02. The molecule has 76 valence electrons. The van der Waals surface area contributed by atoms with Crippen LogP contribution in [0.4, 0.5) is 4.39 Å². The summed E-state index contributed by atoms with van der Waals surface area (Å²) in [5, 5.41) is -0.627. The highest BCUT2D eigenvalue weighted by atomic mass is 35.5. The molecule has 0 saturated heterocycles. The van der Waals surface area contributed by atoms with Gasteiger partial charge in [0.15, 0.2) is 5.78 Å². The molecule has 0 radical (unpaired) electrons. The number of halogens is 3. The Morgan fingerprint density at radius 1 is 1.36 bits per heavy atom. The van der Waals surface area contributed by atoms with Crippen molar-refractivity contribution in [3.05, 3.63) is 35.6 Å². The van der Waals surface area contributed by atoms with Gasteiger partial charge in [-0.1, -0.05) is 0 Å². The maximum absolute atomic E-state index is 12.5. The van der Waals surface area contributed by atoms with Crippen LogP contribution in [0.3, 0.4) is 0 Å². The molecule has 0 aliphatic rings. The Labute approximate surface area is 91.8 Å². The smallest absolute Gasteiger partial charge is 0.180 e. The summed E-state index contributed by atoms with van der Waals surface area (Å²) in [4.78, 5) is 11.5. The summed E-state index contributed by atoms with van der Waals surface area (Å²) in [7, 11) is 0. The Morgan fingerprint density at radius 3 is 2.43 bits per heavy atom. The minimum Gasteiger partial charge on any atom is -0.293 e. The van der Waals surface area contributed by atoms with Crippen LogP contribution in [0.1, 0.15) is 16.8 Å². The fourth-order valence-corrected chi connectivity index (χ4v) is 1.59. The lowest BCUT2D eigenvalue weighted by molar-refractivity contribution is 0.0986. The fraction of sp³-hybridized carbons (Fsp3) is 0.300. The molecule has 4 heteroatoms. The Kier molecular flexibility index (Phi) is 4.36. The maximum Gasteiger partial charge on any atom is 0.180 e. The molecule has 0 heterocycles. The molecule has 1 aromatic carbocycles. The van der Waals surface area contributed by atoms with Crippen LogP contribution in [0.15, 0.2) is 24.3 Å². The lowest BCUT2D eigenvalue weighted by atomic mass is 10.1. The highest BCUT2D eigenvalue weighted by Crippen LogP contribution is 2.13. The highest BCUT2D eigenvalue weighted by molar-refractivity contribution is 6.34. The monoisotopic (exact) mass is 234 g/mol. The van der Waals surface area contributed by atoms with Crippen molar-refractivity contribution in [2.75, 3.05) is 5.88 Å². The van der Waals surface area contributed by atoms with E-state index in [1.807, 2.05) is 0 Å². The van der Waals surface area contributed by atoms with Crippen LogP contribution in [-0.4, -0.2) is 17.0 Å². The standard InChI is InChI=1S/C10H9Cl2FO/c11-6-5-9(12)10(14)7-1-3-8(13)4-2-7/h1-4,9H,5-6H2. The van der Waals surface area contributed by atoms with Gasteiger partial charge in [-0.3, -0.25) is 4.79 Å². The Balaban J connectivity index is 2.74. The number of rotatable bonds is 4. The topological polar surface area (TPSA) is 17.1 Å². The lowest BCUT2D eigenvalue weighted by Crippen LogP contribution is -2.15. The molecule has 0 aromatic heterocycles. The summed E-state index contributed by atoms with van der Waals surface area (Å²) >= 11 is 11.2. The van der Waals surface area contributed by atoms with Gasteiger partial charge < -0.3 is 0 Å². The summed E-state index contributed by atoms with van der Waals surface area (Å²) in [6, 6.07) is 5.30. The van der Waals surface area contributed by atoms with E-state index in [1.54, 1.807) is 0 Å². The van der Waals surface area contributed by atoms with E-state index in [0.717, 1.165) is 0 Å². The number of ketones is 1. The van der Waals surface area contributed by atoms with Crippen molar-refractivity contribution in [3.8, 4) is 0 Å². The number of carbonyl (C=O) groups is 1. The normalized spacial score (nSPS) is 12.5. The van der Waals surface area contributed by atoms with Crippen LogP contribution >= 0.6 is 23.2 Å². The van der Waals surface area contributed by atoms with E-state index in [9.17, 15) is 9.18 Å². The third kappa shape index (κ3) is 2.96. The molecule has 0 saturated carbocycles. The van der Waals surface area contributed by atoms with Gasteiger partial charge in [0.05, 0.1) is 5.38 Å². The number of carbonyl (C=O) groups excluding carboxylic acids is 1. The Morgan fingerprint density at radius 2 is 1.93 bits per heavy atom. The Bertz CT molecular complexity index is 310. The predicted octanol–water partition coefficient (Wildman–Crippen LogP) is 3.24. The van der Waals surface area contributed by atoms with Crippen LogP contribution < -0.4 is 0 Å². The molecule has 0 N–H and O–H groups in total. The molecule has 0 amide bonds. The van der Waals surface area contributed by atoms with Gasteiger partial charge in [0, 0.05) is 11.4 Å². The van der Waals surface area contributed by atoms with Gasteiger partial charge in [0.1, 0.15) is 5.82 Å². The van der Waals surface area contributed by atoms with Gasteiger partial charge in [-0.2, -0.15) is 0 Å². The van der Waals surface area contributed by atoms with E-state index < -0.39 is 5.38 Å². The van der Waals surface area contributed by atoms with Crippen molar-refractivity contribution in [2.45, 2.75) is 11.8 Å². The minimum atomic E-state index is -0.627. The van der Waals surface area contributed by atoms with Gasteiger partial charge in [-0.15, -0.1) is 23.2 Å². The van der Waals surface area contributed by atoms with Crippen molar-refractivity contribution in [1.82, 2.24) is 0 Å². The first-order valence-corrected chi connectivity index (χ1v) is 5.12. The van der Waals surface area contributed by atoms with Gasteiger partial charge in [0.2, 0.25) is 0 Å². The predicted molar refractivity (Wildman–Crippen MR) is 55.7 cm³/mol. The van der Waals surface area contributed by atoms with E-state index in [-0.39, 0.29) is 11.6 Å². The zero-order chi connectivity index (χ0) is 10.6. The van der Waals surface area contributed by atoms with Gasteiger partial charge in [-0.05, 0) is 30.7 Å². The molecule has 0 fully saturated rings. The second-order valence-corrected chi connectivity index (χ2v) is 3.72. The van der Waals surface area contributed by atoms with Gasteiger partial charge >= 0.3 is 0 Å². The summed E-state index contributed by atoms with van der Waals surface area (Å²) in [5.41, 5.74) is 0.413. The molecule has 14 heavy (non-hydrogen) atoms. The third-order valence-electron chi connectivity index (χ3n) is 1.78. The van der Waals surface area contributed by atoms with E-state index >= 15 is 0 Å². The van der Waals surface area contributed by atoms with Gasteiger partial charge in [0.25, 0.3) is 0 Å². The number of Topliss-reactive ketones (excluding diaryl/α,β-unsaturated/α-hetero) is 1. The molecular formula is C10H9Cl2FO. The molecule has 0 aliphatic heterocycles. The molecule has 1 aromatic rings. The van der Waals surface area contributed by atoms with Crippen LogP contribution in [0, 0.1) is 5.82 Å². The molecule has 1 unspecified atom stereocenters. The first kappa shape index (κ1) is 11.5. The first-order chi connectivity index (χ1) is 6.65. The summed E-state index contributed by atoms with van der Waals surface area (Å²) in [5.74, 6) is -0.251. The van der Waals surface area contributed by atoms with Gasteiger partial charge in [-0.25, -0.2) is 4.39 Å². The SMILES string of the molecule is O=C(c1ccc(F)cc1)C(Cl)CCCl. The van der Waals surface area contributed by atoms with Crippen molar-refractivity contribution in [1.29, 1.82) is 0 Å². The van der Waals surface area contributed by atoms with E-state index in [0.29, 0.717) is 17.9 Å². The van der Waals surface area contributed by atoms with Crippen molar-refractivity contribution < 1.29 is 9.18 Å². The molecule has 0 spiro atoms. The summed E-state index contributed by atoms with van der Waals surface area (Å²) < 4.78 is 12.5. The number of hydrogen-bond donors (Lipinski definition) is 0. The maximum atomic E-state index is 12.5. The minimum absolute atomic E-state index is 0.215. The van der Waals surface area contributed by atoms with E-state index in [4.69, 9.17) is 23.2 Å². The average molecular weight is 235 g/mol. The van der Waals surface area contributed by atoms with Crippen LogP contribution in [0.25, 0.3) is 0 Å². The quantitative estimate of drug-likeness (QED) is 0.578. The molecule has 1 nitrogen and oxygen atoms in total. The van der Waals surface area contributed by atoms with E-state index in [2.05, 4.69) is 0 Å². The molecule has 1 rings (SSSR count). The molecule has 1 atom stereocenters. The average Bonchev–Trinajstić information content (AvgIpc) is 2.18. The van der Waals surface area contributed by atoms with Crippen LogP contribution in [-0.2, 0) is 0 Å². The zero-order valence-corrected chi connectivity index (χ0v) is 8.85. The second-order valence-electron chi connectivity index (χ2n) is 2.82. The lowest BCUT2D eigenvalue weighted by Gasteiger charge is -2.05. The largest absolute Gasteiger partial charge is 0.293 e. The summed E-state index contributed by atoms with van der Waals surface area (Å²) in [6.45, 7) is 0. The molecule has 0 aliphatic carbocycles. The molecular weight excluding hydrogens is 226 g/mol. The van der Waals surface area contributed by atoms with Crippen LogP contribution in [0.2, 0.25) is 0 Å². The summed E-state index contributed by atoms with van der Waals surface area (Å²) in [6.07, 6.45) is 0.416. The van der Waals surface area contributed by atoms with Crippen molar-refractivity contribution >= 4 is 29.0 Å². The van der Waals surface area contributed by atoms with Crippen LogP contribution in [0.5, 0.6) is 0 Å². The van der Waals surface area contributed by atoms with Crippen molar-refractivity contribution in [2.24, 2.45) is 0 Å². The van der Waals surface area contributed by atoms with E-state index in [1.165, 1.54) is 24.3 Å². The number of hydrogen-bond acceptors (Lipinski definition) is 1. The first-order valence-electron chi connectivity index (χ1n) is 4.15. The zero-order valence-electron chi connectivity index (χ0n) is 7.34.